The third kappa shape index (κ3) is 2.57. The third-order valence-electron chi connectivity index (χ3n) is 4.08. The summed E-state index contributed by atoms with van der Waals surface area (Å²) in [6.07, 6.45) is 1.03. The molecule has 4 nitrogen and oxygen atoms in total. The molecule has 0 spiro atoms. The number of carbonyl (C=O) groups excluding carboxylic acids is 1. The number of nitrogens with zero attached hydrogens (tertiary/aromatic N) is 1. The van der Waals surface area contributed by atoms with E-state index in [2.05, 4.69) is 17.0 Å². The Morgan fingerprint density at radius 2 is 2.05 bits per heavy atom. The fourth-order valence-electron chi connectivity index (χ4n) is 2.89. The maximum absolute atomic E-state index is 11.2. The molecule has 21 heavy (non-hydrogen) atoms. The van der Waals surface area contributed by atoms with E-state index in [4.69, 9.17) is 11.5 Å². The first kappa shape index (κ1) is 13.5. The lowest BCUT2D eigenvalue weighted by molar-refractivity contribution is 0.1000. The predicted octanol–water partition coefficient (Wildman–Crippen LogP) is 2.24. The summed E-state index contributed by atoms with van der Waals surface area (Å²) < 4.78 is 0. The summed E-state index contributed by atoms with van der Waals surface area (Å²) in [6, 6.07) is 11.7. The van der Waals surface area contributed by atoms with Gasteiger partial charge in [-0.05, 0) is 60.4 Å². The molecule has 0 saturated carbocycles. The van der Waals surface area contributed by atoms with Crippen LogP contribution in [0.1, 0.15) is 27.0 Å². The van der Waals surface area contributed by atoms with Crippen LogP contribution in [0.2, 0.25) is 0 Å². The van der Waals surface area contributed by atoms with Gasteiger partial charge in [0.25, 0.3) is 0 Å². The van der Waals surface area contributed by atoms with E-state index < -0.39 is 0 Å². The quantitative estimate of drug-likeness (QED) is 0.847. The molecule has 1 aliphatic rings. The normalized spacial score (nSPS) is 13.3. The van der Waals surface area contributed by atoms with Crippen LogP contribution in [0.25, 0.3) is 0 Å². The fraction of sp³-hybridized carbons (Fsp3) is 0.235. The highest BCUT2D eigenvalue weighted by Crippen LogP contribution is 2.31. The summed E-state index contributed by atoms with van der Waals surface area (Å²) in [5.41, 5.74) is 17.4. The number of benzene rings is 2. The lowest BCUT2D eigenvalue weighted by Crippen LogP contribution is -2.20. The zero-order valence-electron chi connectivity index (χ0n) is 12.1. The Balaban J connectivity index is 1.84. The number of primary amides is 1. The van der Waals surface area contributed by atoms with Crippen LogP contribution in [0.4, 0.5) is 11.4 Å². The van der Waals surface area contributed by atoms with Crippen molar-refractivity contribution >= 4 is 17.3 Å². The van der Waals surface area contributed by atoms with Crippen LogP contribution in [-0.2, 0) is 13.0 Å². The molecule has 2 aromatic rings. The molecule has 0 bridgehead atoms. The molecule has 0 saturated heterocycles. The Kier molecular flexibility index (Phi) is 3.29. The minimum absolute atomic E-state index is 0.383. The van der Waals surface area contributed by atoms with Crippen molar-refractivity contribution in [3.05, 3.63) is 58.7 Å². The first-order valence-corrected chi connectivity index (χ1v) is 7.07. The van der Waals surface area contributed by atoms with Crippen LogP contribution in [0.3, 0.4) is 0 Å². The zero-order chi connectivity index (χ0) is 15.0. The molecule has 0 unspecified atom stereocenters. The standard InChI is InChI=1S/C17H19N3O/c1-11-8-13(17(19)21)2-3-14(11)10-20-7-6-12-9-15(18)4-5-16(12)20/h2-5,8-9H,6-7,10,18H2,1H3,(H2,19,21). The first-order valence-electron chi connectivity index (χ1n) is 7.07. The SMILES string of the molecule is Cc1cc(C(N)=O)ccc1CN1CCc2cc(N)ccc21. The second kappa shape index (κ2) is 5.13. The van der Waals surface area contributed by atoms with Crippen LogP contribution in [0.15, 0.2) is 36.4 Å². The minimum Gasteiger partial charge on any atom is -0.399 e. The molecule has 1 heterocycles. The Labute approximate surface area is 124 Å². The number of amides is 1. The summed E-state index contributed by atoms with van der Waals surface area (Å²) in [5.74, 6) is -0.383. The molecule has 1 aliphatic heterocycles. The number of rotatable bonds is 3. The summed E-state index contributed by atoms with van der Waals surface area (Å²) in [4.78, 5) is 13.6. The lowest BCUT2D eigenvalue weighted by atomic mass is 10.0. The molecule has 2 aromatic carbocycles. The number of hydrogen-bond donors (Lipinski definition) is 2. The Bertz CT molecular complexity index is 709. The smallest absolute Gasteiger partial charge is 0.248 e. The van der Waals surface area contributed by atoms with Gasteiger partial charge in [-0.15, -0.1) is 0 Å². The number of hydrogen-bond acceptors (Lipinski definition) is 3. The van der Waals surface area contributed by atoms with Gasteiger partial charge < -0.3 is 16.4 Å². The first-order chi connectivity index (χ1) is 10.0. The highest BCUT2D eigenvalue weighted by molar-refractivity contribution is 5.93. The second-order valence-corrected chi connectivity index (χ2v) is 5.57. The molecule has 108 valence electrons. The van der Waals surface area contributed by atoms with E-state index in [1.807, 2.05) is 25.1 Å². The molecule has 0 radical (unpaired) electrons. The van der Waals surface area contributed by atoms with Crippen LogP contribution >= 0.6 is 0 Å². The van der Waals surface area contributed by atoms with Gasteiger partial charge in [-0.25, -0.2) is 0 Å². The molecule has 0 fully saturated rings. The average Bonchev–Trinajstić information content (AvgIpc) is 2.83. The van der Waals surface area contributed by atoms with E-state index >= 15 is 0 Å². The minimum atomic E-state index is -0.383. The van der Waals surface area contributed by atoms with Crippen molar-refractivity contribution in [2.45, 2.75) is 19.9 Å². The number of nitrogen functional groups attached to an aromatic ring is 1. The van der Waals surface area contributed by atoms with E-state index in [1.54, 1.807) is 6.07 Å². The molecular weight excluding hydrogens is 262 g/mol. The molecule has 3 rings (SSSR count). The Morgan fingerprint density at radius 1 is 1.24 bits per heavy atom. The topological polar surface area (TPSA) is 72.4 Å². The maximum atomic E-state index is 11.2. The molecule has 0 aliphatic carbocycles. The van der Waals surface area contributed by atoms with Gasteiger partial charge in [-0.3, -0.25) is 4.79 Å². The van der Waals surface area contributed by atoms with Gasteiger partial charge in [0.2, 0.25) is 5.91 Å². The predicted molar refractivity (Wildman–Crippen MR) is 85.3 cm³/mol. The number of anilines is 2. The van der Waals surface area contributed by atoms with Crippen LogP contribution in [0.5, 0.6) is 0 Å². The summed E-state index contributed by atoms with van der Waals surface area (Å²) in [6.45, 7) is 3.85. The van der Waals surface area contributed by atoms with Crippen molar-refractivity contribution < 1.29 is 4.79 Å². The van der Waals surface area contributed by atoms with Crippen molar-refractivity contribution in [3.8, 4) is 0 Å². The van der Waals surface area contributed by atoms with E-state index in [0.717, 1.165) is 30.8 Å². The van der Waals surface area contributed by atoms with Crippen molar-refractivity contribution in [2.24, 2.45) is 5.73 Å². The van der Waals surface area contributed by atoms with Crippen LogP contribution in [-0.4, -0.2) is 12.5 Å². The second-order valence-electron chi connectivity index (χ2n) is 5.57. The third-order valence-corrected chi connectivity index (χ3v) is 4.08. The summed E-state index contributed by atoms with van der Waals surface area (Å²) in [7, 11) is 0. The largest absolute Gasteiger partial charge is 0.399 e. The summed E-state index contributed by atoms with van der Waals surface area (Å²) in [5, 5.41) is 0. The highest BCUT2D eigenvalue weighted by Gasteiger charge is 2.19. The molecule has 0 aromatic heterocycles. The number of fused-ring (bicyclic) bond motifs is 1. The van der Waals surface area contributed by atoms with Gasteiger partial charge in [-0.1, -0.05) is 6.07 Å². The van der Waals surface area contributed by atoms with Gasteiger partial charge in [0, 0.05) is 30.0 Å². The van der Waals surface area contributed by atoms with E-state index in [9.17, 15) is 4.79 Å². The molecule has 1 amide bonds. The van der Waals surface area contributed by atoms with Gasteiger partial charge in [0.1, 0.15) is 0 Å². The van der Waals surface area contributed by atoms with Crippen molar-refractivity contribution in [2.75, 3.05) is 17.2 Å². The van der Waals surface area contributed by atoms with E-state index in [1.165, 1.54) is 16.8 Å². The summed E-state index contributed by atoms with van der Waals surface area (Å²) >= 11 is 0. The lowest BCUT2D eigenvalue weighted by Gasteiger charge is -2.21. The highest BCUT2D eigenvalue weighted by atomic mass is 16.1. The number of nitrogens with two attached hydrogens (primary N) is 2. The monoisotopic (exact) mass is 281 g/mol. The molecule has 4 N–H and O–H groups in total. The van der Waals surface area contributed by atoms with Crippen molar-refractivity contribution in [1.82, 2.24) is 0 Å². The van der Waals surface area contributed by atoms with Gasteiger partial charge >= 0.3 is 0 Å². The van der Waals surface area contributed by atoms with Gasteiger partial charge in [0.05, 0.1) is 0 Å². The Morgan fingerprint density at radius 3 is 2.76 bits per heavy atom. The van der Waals surface area contributed by atoms with Crippen molar-refractivity contribution in [1.29, 1.82) is 0 Å². The maximum Gasteiger partial charge on any atom is 0.248 e. The molecule has 4 heteroatoms. The van der Waals surface area contributed by atoms with E-state index in [0.29, 0.717) is 5.56 Å². The average molecular weight is 281 g/mol. The number of aryl methyl sites for hydroxylation is 1. The number of carbonyl (C=O) groups is 1. The zero-order valence-corrected chi connectivity index (χ0v) is 12.1. The van der Waals surface area contributed by atoms with E-state index in [-0.39, 0.29) is 5.91 Å². The van der Waals surface area contributed by atoms with Crippen LogP contribution in [0, 0.1) is 6.92 Å². The van der Waals surface area contributed by atoms with Gasteiger partial charge in [0.15, 0.2) is 0 Å². The Hall–Kier alpha value is -2.49. The fourth-order valence-corrected chi connectivity index (χ4v) is 2.89. The van der Waals surface area contributed by atoms with Crippen LogP contribution < -0.4 is 16.4 Å². The molecular formula is C17H19N3O. The van der Waals surface area contributed by atoms with Crippen molar-refractivity contribution in [3.63, 3.8) is 0 Å². The van der Waals surface area contributed by atoms with Gasteiger partial charge in [-0.2, -0.15) is 0 Å². The molecule has 0 atom stereocenters.